The lowest BCUT2D eigenvalue weighted by Gasteiger charge is -2.11. The number of carbonyl (C=O) groups is 2. The van der Waals surface area contributed by atoms with Gasteiger partial charge in [0, 0.05) is 41.1 Å². The molecule has 2 N–H and O–H groups in total. The van der Waals surface area contributed by atoms with Crippen molar-refractivity contribution in [1.82, 2.24) is 9.78 Å². The van der Waals surface area contributed by atoms with Crippen LogP contribution in [0.3, 0.4) is 0 Å². The molecular weight excluding hydrogens is 484 g/mol. The summed E-state index contributed by atoms with van der Waals surface area (Å²) in [7, 11) is 1.76. The van der Waals surface area contributed by atoms with Crippen LogP contribution in [0.25, 0.3) is 22.4 Å². The molecule has 0 unspecified atom stereocenters. The molecule has 0 spiro atoms. The lowest BCUT2D eigenvalue weighted by molar-refractivity contribution is 0.101. The summed E-state index contributed by atoms with van der Waals surface area (Å²) in [5.74, 6) is 2.63. The van der Waals surface area contributed by atoms with Crippen LogP contribution in [-0.2, 0) is 7.05 Å². The number of benzene rings is 4. The summed E-state index contributed by atoms with van der Waals surface area (Å²) >= 11 is 0. The quantitative estimate of drug-likeness (QED) is 0.254. The van der Waals surface area contributed by atoms with Crippen molar-refractivity contribution < 1.29 is 9.59 Å². The maximum Gasteiger partial charge on any atom is 0.256 e. The van der Waals surface area contributed by atoms with E-state index in [4.69, 9.17) is 6.42 Å². The summed E-state index contributed by atoms with van der Waals surface area (Å²) in [6.45, 7) is 2.04. The Morgan fingerprint density at radius 3 is 2.26 bits per heavy atom. The van der Waals surface area contributed by atoms with Crippen LogP contribution in [0, 0.1) is 19.3 Å². The second-order valence-corrected chi connectivity index (χ2v) is 9.16. The minimum absolute atomic E-state index is 0.185. The van der Waals surface area contributed by atoms with E-state index in [9.17, 15) is 9.59 Å². The Morgan fingerprint density at radius 2 is 1.51 bits per heavy atom. The molecule has 190 valence electrons. The van der Waals surface area contributed by atoms with Crippen LogP contribution in [0.4, 0.5) is 11.5 Å². The topological polar surface area (TPSA) is 76.0 Å². The molecule has 0 aliphatic carbocycles. The van der Waals surface area contributed by atoms with Crippen LogP contribution in [-0.4, -0.2) is 21.6 Å². The Hall–Kier alpha value is -5.41. The average molecular weight is 511 g/mol. The van der Waals surface area contributed by atoms with Crippen molar-refractivity contribution in [3.8, 4) is 34.7 Å². The number of carbonyl (C=O) groups excluding carboxylic acids is 2. The van der Waals surface area contributed by atoms with Crippen molar-refractivity contribution in [3.05, 3.63) is 125 Å². The second kappa shape index (κ2) is 10.9. The standard InChI is InChI=1S/C33H26N4O2/c1-4-23-8-7-9-26(20-23)32(38)35-31-21-30(36-37(31)3)25-16-18-27(19-17-25)34-33(39)29-11-6-5-10-28(29)24-14-12-22(2)13-15-24/h1,5-21H,2-3H3,(H,34,39)(H,35,38). The molecule has 6 heteroatoms. The van der Waals surface area contributed by atoms with Crippen molar-refractivity contribution in [2.45, 2.75) is 6.92 Å². The highest BCUT2D eigenvalue weighted by molar-refractivity contribution is 6.09. The summed E-state index contributed by atoms with van der Waals surface area (Å²) in [6, 6.07) is 31.8. The Bertz CT molecular complexity index is 1710. The molecule has 0 bridgehead atoms. The van der Waals surface area contributed by atoms with E-state index in [1.807, 2.05) is 79.7 Å². The van der Waals surface area contributed by atoms with E-state index in [1.54, 1.807) is 42.1 Å². The first kappa shape index (κ1) is 25.2. The normalized spacial score (nSPS) is 10.5. The molecule has 5 rings (SSSR count). The summed E-state index contributed by atoms with van der Waals surface area (Å²) in [5, 5.41) is 10.4. The van der Waals surface area contributed by atoms with Gasteiger partial charge in [-0.3, -0.25) is 14.3 Å². The van der Waals surface area contributed by atoms with Gasteiger partial charge in [-0.1, -0.05) is 72.1 Å². The number of nitrogens with zero attached hydrogens (tertiary/aromatic N) is 2. The molecule has 0 fully saturated rings. The number of nitrogens with one attached hydrogen (secondary N) is 2. The van der Waals surface area contributed by atoms with Crippen molar-refractivity contribution in [3.63, 3.8) is 0 Å². The third-order valence-electron chi connectivity index (χ3n) is 6.39. The van der Waals surface area contributed by atoms with E-state index in [1.165, 1.54) is 0 Å². The number of hydrogen-bond donors (Lipinski definition) is 2. The number of hydrogen-bond acceptors (Lipinski definition) is 3. The zero-order valence-electron chi connectivity index (χ0n) is 21.6. The van der Waals surface area contributed by atoms with Gasteiger partial charge >= 0.3 is 0 Å². The molecule has 2 amide bonds. The minimum Gasteiger partial charge on any atom is -0.322 e. The smallest absolute Gasteiger partial charge is 0.256 e. The molecule has 0 aliphatic rings. The maximum atomic E-state index is 13.2. The van der Waals surface area contributed by atoms with Crippen LogP contribution in [0.1, 0.15) is 31.8 Å². The van der Waals surface area contributed by atoms with Gasteiger partial charge in [-0.2, -0.15) is 5.10 Å². The molecule has 4 aromatic carbocycles. The van der Waals surface area contributed by atoms with Crippen molar-refractivity contribution in [2.24, 2.45) is 7.05 Å². The van der Waals surface area contributed by atoms with Crippen LogP contribution < -0.4 is 10.6 Å². The van der Waals surface area contributed by atoms with Crippen LogP contribution in [0.15, 0.2) is 103 Å². The molecule has 0 aliphatic heterocycles. The van der Waals surface area contributed by atoms with E-state index in [0.29, 0.717) is 33.9 Å². The van der Waals surface area contributed by atoms with Gasteiger partial charge in [-0.25, -0.2) is 0 Å². The highest BCUT2D eigenvalue weighted by Gasteiger charge is 2.14. The van der Waals surface area contributed by atoms with E-state index >= 15 is 0 Å². The van der Waals surface area contributed by atoms with Gasteiger partial charge in [-0.05, 0) is 54.4 Å². The van der Waals surface area contributed by atoms with Crippen LogP contribution >= 0.6 is 0 Å². The predicted molar refractivity (Wildman–Crippen MR) is 156 cm³/mol. The van der Waals surface area contributed by atoms with E-state index < -0.39 is 0 Å². The molecule has 39 heavy (non-hydrogen) atoms. The fraction of sp³-hybridized carbons (Fsp3) is 0.0606. The summed E-state index contributed by atoms with van der Waals surface area (Å²) < 4.78 is 1.61. The number of anilines is 2. The molecule has 1 heterocycles. The molecule has 0 saturated carbocycles. The van der Waals surface area contributed by atoms with Crippen molar-refractivity contribution in [2.75, 3.05) is 10.6 Å². The Labute approximate surface area is 227 Å². The average Bonchev–Trinajstić information content (AvgIpc) is 3.33. The number of rotatable bonds is 6. The number of terminal acetylenes is 1. The van der Waals surface area contributed by atoms with Gasteiger partial charge in [0.25, 0.3) is 11.8 Å². The zero-order chi connectivity index (χ0) is 27.4. The Kier molecular flexibility index (Phi) is 7.07. The first-order chi connectivity index (χ1) is 18.9. The molecule has 0 radical (unpaired) electrons. The third-order valence-corrected chi connectivity index (χ3v) is 6.39. The van der Waals surface area contributed by atoms with E-state index in [2.05, 4.69) is 21.7 Å². The molecule has 6 nitrogen and oxygen atoms in total. The first-order valence-electron chi connectivity index (χ1n) is 12.4. The van der Waals surface area contributed by atoms with Gasteiger partial charge in [0.1, 0.15) is 5.82 Å². The monoisotopic (exact) mass is 510 g/mol. The Balaban J connectivity index is 1.30. The van der Waals surface area contributed by atoms with Gasteiger partial charge in [0.05, 0.1) is 5.69 Å². The molecule has 1 aromatic heterocycles. The second-order valence-electron chi connectivity index (χ2n) is 9.16. The van der Waals surface area contributed by atoms with Gasteiger partial charge in [0.15, 0.2) is 0 Å². The number of amides is 2. The Morgan fingerprint density at radius 1 is 0.795 bits per heavy atom. The van der Waals surface area contributed by atoms with Gasteiger partial charge < -0.3 is 10.6 Å². The van der Waals surface area contributed by atoms with E-state index in [0.717, 1.165) is 22.3 Å². The zero-order valence-corrected chi connectivity index (χ0v) is 21.6. The predicted octanol–water partition coefficient (Wildman–Crippen LogP) is 6.55. The third kappa shape index (κ3) is 5.63. The van der Waals surface area contributed by atoms with Crippen molar-refractivity contribution in [1.29, 1.82) is 0 Å². The number of aromatic nitrogens is 2. The van der Waals surface area contributed by atoms with Gasteiger partial charge in [-0.15, -0.1) is 6.42 Å². The lowest BCUT2D eigenvalue weighted by Crippen LogP contribution is -2.14. The molecular formula is C33H26N4O2. The van der Waals surface area contributed by atoms with Crippen LogP contribution in [0.5, 0.6) is 0 Å². The van der Waals surface area contributed by atoms with Crippen molar-refractivity contribution >= 4 is 23.3 Å². The summed E-state index contributed by atoms with van der Waals surface area (Å²) in [4.78, 5) is 25.9. The van der Waals surface area contributed by atoms with E-state index in [-0.39, 0.29) is 11.8 Å². The highest BCUT2D eigenvalue weighted by Crippen LogP contribution is 2.27. The fourth-order valence-electron chi connectivity index (χ4n) is 4.25. The first-order valence-corrected chi connectivity index (χ1v) is 12.4. The van der Waals surface area contributed by atoms with Crippen LogP contribution in [0.2, 0.25) is 0 Å². The number of aryl methyl sites for hydroxylation is 2. The summed E-state index contributed by atoms with van der Waals surface area (Å²) in [6.07, 6.45) is 5.45. The SMILES string of the molecule is C#Cc1cccc(C(=O)Nc2cc(-c3ccc(NC(=O)c4ccccc4-c4ccc(C)cc4)cc3)nn2C)c1. The molecule has 5 aromatic rings. The largest absolute Gasteiger partial charge is 0.322 e. The maximum absolute atomic E-state index is 13.2. The minimum atomic E-state index is -0.273. The van der Waals surface area contributed by atoms with Gasteiger partial charge in [0.2, 0.25) is 0 Å². The summed E-state index contributed by atoms with van der Waals surface area (Å²) in [5.41, 5.74) is 6.94. The molecule has 0 saturated heterocycles. The highest BCUT2D eigenvalue weighted by atomic mass is 16.2. The molecule has 0 atom stereocenters. The fourth-order valence-corrected chi connectivity index (χ4v) is 4.25. The lowest BCUT2D eigenvalue weighted by atomic mass is 9.98.